The lowest BCUT2D eigenvalue weighted by atomic mass is 10.2. The lowest BCUT2D eigenvalue weighted by Crippen LogP contribution is -2.29. The molecular weight excluding hydrogens is 318 g/mol. The van der Waals surface area contributed by atoms with Gasteiger partial charge in [0.2, 0.25) is 0 Å². The van der Waals surface area contributed by atoms with Crippen molar-refractivity contribution in [3.63, 3.8) is 0 Å². The van der Waals surface area contributed by atoms with Gasteiger partial charge in [0.25, 0.3) is 5.91 Å². The molecule has 0 saturated heterocycles. The molecule has 2 aromatic carbocycles. The minimum atomic E-state index is -0.930. The van der Waals surface area contributed by atoms with Crippen LogP contribution < -0.4 is 10.1 Å². The molecule has 1 N–H and O–H groups in total. The van der Waals surface area contributed by atoms with Gasteiger partial charge in [-0.05, 0) is 55.5 Å². The standard InChI is InChI=1S/C17H16ClNO4/c1-11(16(20)19-14-7-5-13(18)6-8-14)23-17(21)12-3-9-15(22-2)10-4-12/h3-11H,1-2H3,(H,19,20)/t11-/m0/s1. The number of benzene rings is 2. The van der Waals surface area contributed by atoms with E-state index in [2.05, 4.69) is 5.32 Å². The van der Waals surface area contributed by atoms with Gasteiger partial charge in [0, 0.05) is 10.7 Å². The summed E-state index contributed by atoms with van der Waals surface area (Å²) in [5, 5.41) is 3.22. The van der Waals surface area contributed by atoms with Crippen LogP contribution in [-0.4, -0.2) is 25.1 Å². The molecule has 0 bridgehead atoms. The first kappa shape index (κ1) is 16.8. The van der Waals surface area contributed by atoms with Gasteiger partial charge in [-0.2, -0.15) is 0 Å². The maximum Gasteiger partial charge on any atom is 0.338 e. The molecule has 23 heavy (non-hydrogen) atoms. The third-order valence-electron chi connectivity index (χ3n) is 3.09. The summed E-state index contributed by atoms with van der Waals surface area (Å²) in [5.41, 5.74) is 0.920. The molecule has 1 amide bonds. The van der Waals surface area contributed by atoms with Crippen LogP contribution in [0.25, 0.3) is 0 Å². The molecule has 0 saturated carbocycles. The maximum atomic E-state index is 12.0. The molecule has 2 aromatic rings. The normalized spacial score (nSPS) is 11.4. The number of carbonyl (C=O) groups is 2. The number of hydrogen-bond donors (Lipinski definition) is 1. The molecule has 0 heterocycles. The summed E-state index contributed by atoms with van der Waals surface area (Å²) in [6.45, 7) is 1.51. The van der Waals surface area contributed by atoms with Crippen molar-refractivity contribution in [2.24, 2.45) is 0 Å². The molecular formula is C17H16ClNO4. The summed E-state index contributed by atoms with van der Waals surface area (Å²) >= 11 is 5.78. The lowest BCUT2D eigenvalue weighted by Gasteiger charge is -2.13. The Bertz CT molecular complexity index is 683. The number of esters is 1. The van der Waals surface area contributed by atoms with Crippen LogP contribution in [0, 0.1) is 0 Å². The van der Waals surface area contributed by atoms with E-state index >= 15 is 0 Å². The first-order valence-electron chi connectivity index (χ1n) is 6.91. The van der Waals surface area contributed by atoms with Crippen LogP contribution in [0.5, 0.6) is 5.75 Å². The average Bonchev–Trinajstić information content (AvgIpc) is 2.56. The zero-order chi connectivity index (χ0) is 16.8. The predicted octanol–water partition coefficient (Wildman–Crippen LogP) is 3.53. The zero-order valence-corrected chi connectivity index (χ0v) is 13.5. The van der Waals surface area contributed by atoms with Crippen molar-refractivity contribution in [3.05, 3.63) is 59.1 Å². The van der Waals surface area contributed by atoms with E-state index in [9.17, 15) is 9.59 Å². The molecule has 120 valence electrons. The Morgan fingerprint density at radius 1 is 1.04 bits per heavy atom. The molecule has 2 rings (SSSR count). The van der Waals surface area contributed by atoms with Crippen LogP contribution in [-0.2, 0) is 9.53 Å². The molecule has 0 spiro atoms. The topological polar surface area (TPSA) is 64.6 Å². The van der Waals surface area contributed by atoms with Crippen molar-refractivity contribution in [1.29, 1.82) is 0 Å². The van der Waals surface area contributed by atoms with Crippen molar-refractivity contribution in [3.8, 4) is 5.75 Å². The molecule has 0 aliphatic carbocycles. The molecule has 5 nitrogen and oxygen atoms in total. The summed E-state index contributed by atoms with van der Waals surface area (Å²) in [4.78, 5) is 24.0. The molecule has 1 atom stereocenters. The van der Waals surface area contributed by atoms with E-state index in [4.69, 9.17) is 21.1 Å². The van der Waals surface area contributed by atoms with Gasteiger partial charge in [0.1, 0.15) is 5.75 Å². The highest BCUT2D eigenvalue weighted by Crippen LogP contribution is 2.15. The number of amides is 1. The summed E-state index contributed by atoms with van der Waals surface area (Å²) in [6.07, 6.45) is -0.930. The van der Waals surface area contributed by atoms with Crippen LogP contribution in [0.4, 0.5) is 5.69 Å². The summed E-state index contributed by atoms with van der Waals surface area (Å²) in [7, 11) is 1.54. The quantitative estimate of drug-likeness (QED) is 0.850. The van der Waals surface area contributed by atoms with Crippen molar-refractivity contribution >= 4 is 29.2 Å². The van der Waals surface area contributed by atoms with Gasteiger partial charge < -0.3 is 14.8 Å². The van der Waals surface area contributed by atoms with Gasteiger partial charge in [-0.25, -0.2) is 4.79 Å². The Labute approximate surface area is 139 Å². The van der Waals surface area contributed by atoms with E-state index in [1.165, 1.54) is 14.0 Å². The fourth-order valence-electron chi connectivity index (χ4n) is 1.79. The highest BCUT2D eigenvalue weighted by Gasteiger charge is 2.19. The van der Waals surface area contributed by atoms with Crippen LogP contribution >= 0.6 is 11.6 Å². The van der Waals surface area contributed by atoms with Crippen LogP contribution in [0.15, 0.2) is 48.5 Å². The summed E-state index contributed by atoms with van der Waals surface area (Å²) in [5.74, 6) is -0.365. The fraction of sp³-hybridized carbons (Fsp3) is 0.176. The zero-order valence-electron chi connectivity index (χ0n) is 12.7. The number of carbonyl (C=O) groups excluding carboxylic acids is 2. The number of hydrogen-bond acceptors (Lipinski definition) is 4. The van der Waals surface area contributed by atoms with Gasteiger partial charge in [0.05, 0.1) is 12.7 Å². The number of ether oxygens (including phenoxy) is 2. The molecule has 0 aromatic heterocycles. The van der Waals surface area contributed by atoms with Crippen molar-refractivity contribution in [2.75, 3.05) is 12.4 Å². The Hall–Kier alpha value is -2.53. The molecule has 0 unspecified atom stereocenters. The van der Waals surface area contributed by atoms with Crippen molar-refractivity contribution in [2.45, 2.75) is 13.0 Å². The van der Waals surface area contributed by atoms with Gasteiger partial charge in [-0.15, -0.1) is 0 Å². The minimum absolute atomic E-state index is 0.344. The van der Waals surface area contributed by atoms with Gasteiger partial charge >= 0.3 is 5.97 Å². The van der Waals surface area contributed by atoms with Crippen LogP contribution in [0.2, 0.25) is 5.02 Å². The Morgan fingerprint density at radius 2 is 1.65 bits per heavy atom. The second-order valence-corrected chi connectivity index (χ2v) is 5.21. The molecule has 0 aliphatic heterocycles. The number of rotatable bonds is 5. The van der Waals surface area contributed by atoms with E-state index in [1.54, 1.807) is 48.5 Å². The van der Waals surface area contributed by atoms with Crippen molar-refractivity contribution < 1.29 is 19.1 Å². The monoisotopic (exact) mass is 333 g/mol. The Morgan fingerprint density at radius 3 is 2.22 bits per heavy atom. The fourth-order valence-corrected chi connectivity index (χ4v) is 1.91. The minimum Gasteiger partial charge on any atom is -0.497 e. The molecule has 0 aliphatic rings. The highest BCUT2D eigenvalue weighted by molar-refractivity contribution is 6.30. The summed E-state index contributed by atoms with van der Waals surface area (Å²) in [6, 6.07) is 13.1. The first-order chi connectivity index (χ1) is 11.0. The van der Waals surface area contributed by atoms with E-state index in [0.717, 1.165) is 0 Å². The molecule has 6 heteroatoms. The smallest absolute Gasteiger partial charge is 0.338 e. The van der Waals surface area contributed by atoms with E-state index in [-0.39, 0.29) is 0 Å². The summed E-state index contributed by atoms with van der Waals surface area (Å²) < 4.78 is 10.2. The lowest BCUT2D eigenvalue weighted by molar-refractivity contribution is -0.123. The van der Waals surface area contributed by atoms with E-state index < -0.39 is 18.0 Å². The highest BCUT2D eigenvalue weighted by atomic mass is 35.5. The predicted molar refractivity (Wildman–Crippen MR) is 88.0 cm³/mol. The molecule has 0 fully saturated rings. The number of halogens is 1. The number of nitrogens with one attached hydrogen (secondary N) is 1. The Kier molecular flexibility index (Phi) is 5.60. The van der Waals surface area contributed by atoms with Crippen LogP contribution in [0.3, 0.4) is 0 Å². The van der Waals surface area contributed by atoms with Crippen molar-refractivity contribution in [1.82, 2.24) is 0 Å². The second kappa shape index (κ2) is 7.65. The number of methoxy groups -OCH3 is 1. The average molecular weight is 334 g/mol. The van der Waals surface area contributed by atoms with Gasteiger partial charge in [-0.3, -0.25) is 4.79 Å². The number of anilines is 1. The third kappa shape index (κ3) is 4.72. The second-order valence-electron chi connectivity index (χ2n) is 4.77. The van der Waals surface area contributed by atoms with E-state index in [1.807, 2.05) is 0 Å². The van der Waals surface area contributed by atoms with E-state index in [0.29, 0.717) is 22.0 Å². The third-order valence-corrected chi connectivity index (χ3v) is 3.34. The SMILES string of the molecule is COc1ccc(C(=O)O[C@@H](C)C(=O)Nc2ccc(Cl)cc2)cc1. The first-order valence-corrected chi connectivity index (χ1v) is 7.29. The van der Waals surface area contributed by atoms with Crippen LogP contribution in [0.1, 0.15) is 17.3 Å². The largest absolute Gasteiger partial charge is 0.497 e. The Balaban J connectivity index is 1.94. The van der Waals surface area contributed by atoms with Gasteiger partial charge in [0.15, 0.2) is 6.10 Å². The maximum absolute atomic E-state index is 12.0. The molecule has 0 radical (unpaired) electrons. The van der Waals surface area contributed by atoms with Gasteiger partial charge in [-0.1, -0.05) is 11.6 Å².